The quantitative estimate of drug-likeness (QED) is 0.861. The molecule has 0 aliphatic heterocycles. The lowest BCUT2D eigenvalue weighted by Gasteiger charge is -2.11. The molecule has 1 N–H and O–H groups in total. The van der Waals surface area contributed by atoms with Gasteiger partial charge in [0.2, 0.25) is 5.43 Å². The maximum Gasteiger partial charge on any atom is 0.341 e. The van der Waals surface area contributed by atoms with Gasteiger partial charge in [-0.3, -0.25) is 4.79 Å². The Morgan fingerprint density at radius 2 is 2.05 bits per heavy atom. The summed E-state index contributed by atoms with van der Waals surface area (Å²) < 4.78 is 28.4. The molecular weight excluding hydrogens is 324 g/mol. The zero-order valence-electron chi connectivity index (χ0n) is 9.71. The largest absolute Gasteiger partial charge is 0.477 e. The number of halogens is 3. The molecule has 0 saturated carbocycles. The van der Waals surface area contributed by atoms with Gasteiger partial charge in [0.05, 0.1) is 15.4 Å². The van der Waals surface area contributed by atoms with E-state index in [2.05, 4.69) is 15.9 Å². The van der Waals surface area contributed by atoms with Crippen molar-refractivity contribution in [2.24, 2.45) is 0 Å². The highest BCUT2D eigenvalue weighted by Gasteiger charge is 2.20. The van der Waals surface area contributed by atoms with Gasteiger partial charge < -0.3 is 9.67 Å². The van der Waals surface area contributed by atoms with Gasteiger partial charge in [-0.25, -0.2) is 13.6 Å². The summed E-state index contributed by atoms with van der Waals surface area (Å²) >= 11 is 2.80. The molecule has 0 fully saturated rings. The molecule has 0 aliphatic carbocycles. The molecule has 2 rings (SSSR count). The predicted molar refractivity (Wildman–Crippen MR) is 68.5 cm³/mol. The summed E-state index contributed by atoms with van der Waals surface area (Å²) in [5, 5.41) is 8.77. The van der Waals surface area contributed by atoms with Gasteiger partial charge >= 0.3 is 5.97 Å². The molecule has 0 spiro atoms. The highest BCUT2D eigenvalue weighted by atomic mass is 79.9. The van der Waals surface area contributed by atoms with Crippen LogP contribution in [-0.4, -0.2) is 15.6 Å². The standard InChI is InChI=1S/C12H8BrF2NO3/c1-2-16-4-6(12(18)19)11(17)5-3-7(13)8(14)9(15)10(5)16/h3-4H,2H2,1H3,(H,18,19). The number of aromatic carboxylic acids is 1. The van der Waals surface area contributed by atoms with Crippen LogP contribution in [0.15, 0.2) is 21.5 Å². The number of hydrogen-bond donors (Lipinski definition) is 1. The Kier molecular flexibility index (Phi) is 3.40. The topological polar surface area (TPSA) is 59.3 Å². The Morgan fingerprint density at radius 3 is 2.58 bits per heavy atom. The molecule has 0 saturated heterocycles. The number of aromatic nitrogens is 1. The molecule has 100 valence electrons. The van der Waals surface area contributed by atoms with Crippen LogP contribution in [0, 0.1) is 11.6 Å². The summed E-state index contributed by atoms with van der Waals surface area (Å²) in [4.78, 5) is 22.9. The molecule has 0 aliphatic rings. The van der Waals surface area contributed by atoms with Crippen molar-refractivity contribution in [2.45, 2.75) is 13.5 Å². The number of fused-ring (bicyclic) bond motifs is 1. The van der Waals surface area contributed by atoms with Crippen LogP contribution in [0.1, 0.15) is 17.3 Å². The van der Waals surface area contributed by atoms with Crippen molar-refractivity contribution in [3.63, 3.8) is 0 Å². The van der Waals surface area contributed by atoms with E-state index in [1.54, 1.807) is 6.92 Å². The van der Waals surface area contributed by atoms with Crippen LogP contribution >= 0.6 is 15.9 Å². The second-order valence-corrected chi connectivity index (χ2v) is 4.70. The van der Waals surface area contributed by atoms with Gasteiger partial charge in [0.15, 0.2) is 11.6 Å². The van der Waals surface area contributed by atoms with E-state index in [4.69, 9.17) is 5.11 Å². The highest BCUT2D eigenvalue weighted by Crippen LogP contribution is 2.26. The maximum absolute atomic E-state index is 13.9. The second-order valence-electron chi connectivity index (χ2n) is 3.85. The molecule has 1 heterocycles. The normalized spacial score (nSPS) is 10.9. The summed E-state index contributed by atoms with van der Waals surface area (Å²) in [6, 6.07) is 1.09. The fraction of sp³-hybridized carbons (Fsp3) is 0.167. The molecule has 4 nitrogen and oxygen atoms in total. The third kappa shape index (κ3) is 2.03. The molecule has 0 atom stereocenters. The molecule has 0 bridgehead atoms. The molecule has 0 radical (unpaired) electrons. The van der Waals surface area contributed by atoms with Gasteiger partial charge in [-0.2, -0.15) is 0 Å². The zero-order chi connectivity index (χ0) is 14.3. The fourth-order valence-electron chi connectivity index (χ4n) is 1.87. The first-order chi connectivity index (χ1) is 8.88. The third-order valence-electron chi connectivity index (χ3n) is 2.77. The molecule has 19 heavy (non-hydrogen) atoms. The van der Waals surface area contributed by atoms with Crippen molar-refractivity contribution in [3.8, 4) is 0 Å². The van der Waals surface area contributed by atoms with E-state index in [0.29, 0.717) is 0 Å². The zero-order valence-corrected chi connectivity index (χ0v) is 11.3. The molecule has 2 aromatic rings. The number of carboxylic acids is 1. The number of benzene rings is 1. The molecule has 0 unspecified atom stereocenters. The van der Waals surface area contributed by atoms with Crippen LogP contribution in [0.5, 0.6) is 0 Å². The summed E-state index contributed by atoms with van der Waals surface area (Å²) in [6.07, 6.45) is 1.02. The monoisotopic (exact) mass is 331 g/mol. The van der Waals surface area contributed by atoms with Crippen LogP contribution in [0.25, 0.3) is 10.9 Å². The number of rotatable bonds is 2. The van der Waals surface area contributed by atoms with Crippen molar-refractivity contribution < 1.29 is 18.7 Å². The number of pyridine rings is 1. The molecule has 7 heteroatoms. The lowest BCUT2D eigenvalue weighted by molar-refractivity contribution is 0.0695. The fourth-order valence-corrected chi connectivity index (χ4v) is 2.27. The van der Waals surface area contributed by atoms with Crippen molar-refractivity contribution in [3.05, 3.63) is 44.2 Å². The van der Waals surface area contributed by atoms with E-state index in [-0.39, 0.29) is 21.9 Å². The smallest absolute Gasteiger partial charge is 0.341 e. The van der Waals surface area contributed by atoms with Crippen molar-refractivity contribution in [2.75, 3.05) is 0 Å². The third-order valence-corrected chi connectivity index (χ3v) is 3.35. The Morgan fingerprint density at radius 1 is 1.42 bits per heavy atom. The van der Waals surface area contributed by atoms with Gasteiger partial charge in [0.25, 0.3) is 0 Å². The number of aryl methyl sites for hydroxylation is 1. The van der Waals surface area contributed by atoms with Crippen LogP contribution in [0.4, 0.5) is 8.78 Å². The molecule has 1 aromatic heterocycles. The highest BCUT2D eigenvalue weighted by molar-refractivity contribution is 9.10. The minimum Gasteiger partial charge on any atom is -0.477 e. The van der Waals surface area contributed by atoms with Crippen LogP contribution in [0.2, 0.25) is 0 Å². The molecule has 0 amide bonds. The Labute approximate surface area is 114 Å². The van der Waals surface area contributed by atoms with Crippen molar-refractivity contribution in [1.82, 2.24) is 4.57 Å². The van der Waals surface area contributed by atoms with E-state index in [1.807, 2.05) is 0 Å². The average molecular weight is 332 g/mol. The average Bonchev–Trinajstić information content (AvgIpc) is 2.37. The minimum absolute atomic E-state index is 0.174. The predicted octanol–water partition coefficient (Wildman–Crippen LogP) is 2.76. The van der Waals surface area contributed by atoms with Gasteiger partial charge in [0.1, 0.15) is 5.56 Å². The number of carboxylic acid groups (broad SMARTS) is 1. The van der Waals surface area contributed by atoms with E-state index in [0.717, 1.165) is 12.3 Å². The van der Waals surface area contributed by atoms with Crippen molar-refractivity contribution in [1.29, 1.82) is 0 Å². The SMILES string of the molecule is CCn1cc(C(=O)O)c(=O)c2cc(Br)c(F)c(F)c21. The van der Waals surface area contributed by atoms with Crippen LogP contribution in [-0.2, 0) is 6.54 Å². The van der Waals surface area contributed by atoms with E-state index in [9.17, 15) is 18.4 Å². The first kappa shape index (κ1) is 13.7. The summed E-state index contributed by atoms with van der Waals surface area (Å²) in [5.74, 6) is -3.70. The molecule has 1 aromatic carbocycles. The van der Waals surface area contributed by atoms with E-state index < -0.39 is 28.6 Å². The van der Waals surface area contributed by atoms with Gasteiger partial charge in [-0.05, 0) is 28.9 Å². The summed E-state index contributed by atoms with van der Waals surface area (Å²) in [5.41, 5.74) is -1.56. The summed E-state index contributed by atoms with van der Waals surface area (Å²) in [6.45, 7) is 1.84. The van der Waals surface area contributed by atoms with E-state index >= 15 is 0 Å². The van der Waals surface area contributed by atoms with E-state index in [1.165, 1.54) is 4.57 Å². The van der Waals surface area contributed by atoms with Crippen LogP contribution in [0.3, 0.4) is 0 Å². The first-order valence-electron chi connectivity index (χ1n) is 5.32. The number of nitrogens with zero attached hydrogens (tertiary/aromatic N) is 1. The van der Waals surface area contributed by atoms with Gasteiger partial charge in [-0.1, -0.05) is 0 Å². The molecular formula is C12H8BrF2NO3. The first-order valence-corrected chi connectivity index (χ1v) is 6.11. The summed E-state index contributed by atoms with van der Waals surface area (Å²) in [7, 11) is 0. The maximum atomic E-state index is 13.9. The number of carbonyl (C=O) groups is 1. The van der Waals surface area contributed by atoms with Gasteiger partial charge in [-0.15, -0.1) is 0 Å². The minimum atomic E-state index is -1.41. The van der Waals surface area contributed by atoms with Crippen LogP contribution < -0.4 is 5.43 Å². The lowest BCUT2D eigenvalue weighted by atomic mass is 10.1. The van der Waals surface area contributed by atoms with Crippen molar-refractivity contribution >= 4 is 32.8 Å². The lowest BCUT2D eigenvalue weighted by Crippen LogP contribution is -2.19. The Hall–Kier alpha value is -1.76. The Bertz CT molecular complexity index is 755. The van der Waals surface area contributed by atoms with Gasteiger partial charge in [0, 0.05) is 12.7 Å². The Balaban J connectivity index is 3.08. The number of hydrogen-bond acceptors (Lipinski definition) is 2. The second kappa shape index (κ2) is 4.73.